The lowest BCUT2D eigenvalue weighted by Gasteiger charge is -1.94. The molecule has 0 saturated carbocycles. The summed E-state index contributed by atoms with van der Waals surface area (Å²) in [6.45, 7) is 1.92. The SMILES string of the molecule is Cc1cccc(-c2nnc(CCCl)o2)n1. The van der Waals surface area contributed by atoms with Crippen LogP contribution in [0.3, 0.4) is 0 Å². The molecule has 2 rings (SSSR count). The molecule has 2 aromatic heterocycles. The van der Waals surface area contributed by atoms with E-state index in [1.165, 1.54) is 0 Å². The van der Waals surface area contributed by atoms with Crippen molar-refractivity contribution in [3.63, 3.8) is 0 Å². The van der Waals surface area contributed by atoms with Gasteiger partial charge in [0.1, 0.15) is 5.69 Å². The standard InChI is InChI=1S/C10H10ClN3O/c1-7-3-2-4-8(12-7)10-14-13-9(15-10)5-6-11/h2-4H,5-6H2,1H3. The van der Waals surface area contributed by atoms with E-state index in [1.54, 1.807) is 0 Å². The number of hydrogen-bond donors (Lipinski definition) is 0. The molecular formula is C10H10ClN3O. The summed E-state index contributed by atoms with van der Waals surface area (Å²) < 4.78 is 5.40. The van der Waals surface area contributed by atoms with E-state index in [9.17, 15) is 0 Å². The molecule has 2 heterocycles. The summed E-state index contributed by atoms with van der Waals surface area (Å²) in [5.74, 6) is 1.46. The molecule has 0 radical (unpaired) electrons. The zero-order chi connectivity index (χ0) is 10.7. The summed E-state index contributed by atoms with van der Waals surface area (Å²) >= 11 is 5.57. The molecule has 0 aromatic carbocycles. The number of alkyl halides is 1. The Bertz CT molecular complexity index is 455. The first-order valence-corrected chi connectivity index (χ1v) is 5.15. The van der Waals surface area contributed by atoms with Gasteiger partial charge in [-0.15, -0.1) is 21.8 Å². The van der Waals surface area contributed by atoms with Gasteiger partial charge in [0, 0.05) is 18.0 Å². The molecule has 0 saturated heterocycles. The number of halogens is 1. The van der Waals surface area contributed by atoms with E-state index in [1.807, 2.05) is 25.1 Å². The second-order valence-corrected chi connectivity index (χ2v) is 3.48. The Morgan fingerprint density at radius 3 is 2.93 bits per heavy atom. The fourth-order valence-electron chi connectivity index (χ4n) is 1.20. The van der Waals surface area contributed by atoms with Crippen molar-refractivity contribution in [2.75, 3.05) is 5.88 Å². The highest BCUT2D eigenvalue weighted by atomic mass is 35.5. The second kappa shape index (κ2) is 4.40. The third kappa shape index (κ3) is 2.33. The summed E-state index contributed by atoms with van der Waals surface area (Å²) in [6, 6.07) is 5.66. The van der Waals surface area contributed by atoms with E-state index in [0.717, 1.165) is 5.69 Å². The van der Waals surface area contributed by atoms with Crippen LogP contribution < -0.4 is 0 Å². The minimum Gasteiger partial charge on any atom is -0.419 e. The van der Waals surface area contributed by atoms with Crippen LogP contribution >= 0.6 is 11.6 Å². The molecule has 0 amide bonds. The Morgan fingerprint density at radius 2 is 2.20 bits per heavy atom. The summed E-state index contributed by atoms with van der Waals surface area (Å²) in [6.07, 6.45) is 0.584. The lowest BCUT2D eigenvalue weighted by molar-refractivity contribution is 0.512. The number of nitrogens with zero attached hydrogens (tertiary/aromatic N) is 3. The van der Waals surface area contributed by atoms with Crippen LogP contribution in [0, 0.1) is 6.92 Å². The highest BCUT2D eigenvalue weighted by Crippen LogP contribution is 2.15. The topological polar surface area (TPSA) is 51.8 Å². The number of pyridine rings is 1. The molecule has 5 heteroatoms. The van der Waals surface area contributed by atoms with E-state index in [4.69, 9.17) is 16.0 Å². The molecule has 15 heavy (non-hydrogen) atoms. The van der Waals surface area contributed by atoms with E-state index < -0.39 is 0 Å². The maximum atomic E-state index is 5.57. The Hall–Kier alpha value is -1.42. The highest BCUT2D eigenvalue weighted by molar-refractivity contribution is 6.17. The van der Waals surface area contributed by atoms with Gasteiger partial charge in [-0.05, 0) is 19.1 Å². The van der Waals surface area contributed by atoms with E-state index >= 15 is 0 Å². The Balaban J connectivity index is 2.29. The van der Waals surface area contributed by atoms with Gasteiger partial charge in [-0.2, -0.15) is 0 Å². The quantitative estimate of drug-likeness (QED) is 0.749. The van der Waals surface area contributed by atoms with Gasteiger partial charge in [0.05, 0.1) is 0 Å². The van der Waals surface area contributed by atoms with Crippen LogP contribution in [0.2, 0.25) is 0 Å². The average molecular weight is 224 g/mol. The van der Waals surface area contributed by atoms with Gasteiger partial charge in [0.25, 0.3) is 5.89 Å². The molecule has 4 nitrogen and oxygen atoms in total. The first kappa shape index (κ1) is 10.1. The van der Waals surface area contributed by atoms with Gasteiger partial charge in [-0.1, -0.05) is 6.07 Å². The largest absolute Gasteiger partial charge is 0.419 e. The number of aromatic nitrogens is 3. The normalized spacial score (nSPS) is 10.5. The lowest BCUT2D eigenvalue weighted by Crippen LogP contribution is -1.85. The van der Waals surface area contributed by atoms with Gasteiger partial charge in [0.15, 0.2) is 0 Å². The van der Waals surface area contributed by atoms with Gasteiger partial charge >= 0.3 is 0 Å². The van der Waals surface area contributed by atoms with E-state index in [2.05, 4.69) is 15.2 Å². The Kier molecular flexibility index (Phi) is 2.97. The van der Waals surface area contributed by atoms with Crippen molar-refractivity contribution in [2.45, 2.75) is 13.3 Å². The molecule has 0 atom stereocenters. The van der Waals surface area contributed by atoms with Crippen LogP contribution in [0.15, 0.2) is 22.6 Å². The number of rotatable bonds is 3. The molecule has 0 aliphatic rings. The molecule has 2 aromatic rings. The van der Waals surface area contributed by atoms with Gasteiger partial charge in [-0.3, -0.25) is 0 Å². The van der Waals surface area contributed by atoms with Crippen molar-refractivity contribution < 1.29 is 4.42 Å². The Labute approximate surface area is 92.3 Å². The number of aryl methyl sites for hydroxylation is 2. The van der Waals surface area contributed by atoms with Crippen molar-refractivity contribution >= 4 is 11.6 Å². The van der Waals surface area contributed by atoms with Gasteiger partial charge < -0.3 is 4.42 Å². The minimum atomic E-state index is 0.443. The number of hydrogen-bond acceptors (Lipinski definition) is 4. The first-order chi connectivity index (χ1) is 7.29. The molecule has 0 aliphatic heterocycles. The summed E-state index contributed by atoms with van der Waals surface area (Å²) in [5.41, 5.74) is 1.62. The predicted molar refractivity (Wildman–Crippen MR) is 56.7 cm³/mol. The third-order valence-electron chi connectivity index (χ3n) is 1.88. The van der Waals surface area contributed by atoms with Crippen LogP contribution in [0.1, 0.15) is 11.6 Å². The van der Waals surface area contributed by atoms with Crippen molar-refractivity contribution in [1.29, 1.82) is 0 Å². The molecular weight excluding hydrogens is 214 g/mol. The van der Waals surface area contributed by atoms with E-state index in [-0.39, 0.29) is 0 Å². The maximum absolute atomic E-state index is 5.57. The average Bonchev–Trinajstić information content (AvgIpc) is 2.67. The maximum Gasteiger partial charge on any atom is 0.266 e. The Morgan fingerprint density at radius 1 is 1.33 bits per heavy atom. The monoisotopic (exact) mass is 223 g/mol. The molecule has 0 spiro atoms. The molecule has 78 valence electrons. The van der Waals surface area contributed by atoms with Crippen molar-refractivity contribution in [3.8, 4) is 11.6 Å². The summed E-state index contributed by atoms with van der Waals surface area (Å²) in [7, 11) is 0. The fraction of sp³-hybridized carbons (Fsp3) is 0.300. The summed E-state index contributed by atoms with van der Waals surface area (Å²) in [4.78, 5) is 4.29. The molecule has 0 aliphatic carbocycles. The van der Waals surface area contributed by atoms with Crippen LogP contribution in [0.25, 0.3) is 11.6 Å². The fourth-order valence-corrected chi connectivity index (χ4v) is 1.36. The zero-order valence-corrected chi connectivity index (χ0v) is 9.03. The van der Waals surface area contributed by atoms with Crippen LogP contribution in [0.4, 0.5) is 0 Å². The van der Waals surface area contributed by atoms with E-state index in [0.29, 0.717) is 29.8 Å². The van der Waals surface area contributed by atoms with Gasteiger partial charge in [-0.25, -0.2) is 4.98 Å². The second-order valence-electron chi connectivity index (χ2n) is 3.10. The minimum absolute atomic E-state index is 0.443. The smallest absolute Gasteiger partial charge is 0.266 e. The lowest BCUT2D eigenvalue weighted by atomic mass is 10.3. The molecule has 0 unspecified atom stereocenters. The molecule has 0 bridgehead atoms. The zero-order valence-electron chi connectivity index (χ0n) is 8.27. The predicted octanol–water partition coefficient (Wildman–Crippen LogP) is 2.22. The van der Waals surface area contributed by atoms with Crippen LogP contribution in [-0.2, 0) is 6.42 Å². The first-order valence-electron chi connectivity index (χ1n) is 4.62. The summed E-state index contributed by atoms with van der Waals surface area (Å²) in [5, 5.41) is 7.78. The highest BCUT2D eigenvalue weighted by Gasteiger charge is 2.08. The van der Waals surface area contributed by atoms with Crippen molar-refractivity contribution in [2.24, 2.45) is 0 Å². The van der Waals surface area contributed by atoms with Gasteiger partial charge in [0.2, 0.25) is 5.89 Å². The third-order valence-corrected chi connectivity index (χ3v) is 2.07. The van der Waals surface area contributed by atoms with Crippen LogP contribution in [0.5, 0.6) is 0 Å². The van der Waals surface area contributed by atoms with Crippen molar-refractivity contribution in [1.82, 2.24) is 15.2 Å². The van der Waals surface area contributed by atoms with Crippen molar-refractivity contribution in [3.05, 3.63) is 29.8 Å². The molecule has 0 N–H and O–H groups in total. The van der Waals surface area contributed by atoms with Crippen LogP contribution in [-0.4, -0.2) is 21.1 Å². The molecule has 0 fully saturated rings.